The standard InChI is InChI=1S/C17H23N3O3/c1-19-6-7-22-14(9-19)10-20(11-17(18)21)8-13-12-23-16-5-3-2-4-15(13)16/h2-5,12,14H,6-11H2,1H3,(H2,18,21)/t14-/m0/s1. The zero-order valence-electron chi connectivity index (χ0n) is 13.4. The highest BCUT2D eigenvalue weighted by atomic mass is 16.5. The summed E-state index contributed by atoms with van der Waals surface area (Å²) < 4.78 is 11.4. The summed E-state index contributed by atoms with van der Waals surface area (Å²) in [4.78, 5) is 15.7. The van der Waals surface area contributed by atoms with Gasteiger partial charge in [0.05, 0.1) is 25.5 Å². The number of morpholine rings is 1. The predicted octanol–water partition coefficient (Wildman–Crippen LogP) is 1.05. The van der Waals surface area contributed by atoms with Crippen molar-refractivity contribution in [2.24, 2.45) is 5.73 Å². The Morgan fingerprint density at radius 3 is 3.04 bits per heavy atom. The quantitative estimate of drug-likeness (QED) is 0.862. The van der Waals surface area contributed by atoms with Gasteiger partial charge < -0.3 is 19.8 Å². The van der Waals surface area contributed by atoms with Gasteiger partial charge in [-0.25, -0.2) is 0 Å². The minimum Gasteiger partial charge on any atom is -0.464 e. The second kappa shape index (κ2) is 7.12. The van der Waals surface area contributed by atoms with E-state index in [9.17, 15) is 4.79 Å². The molecular weight excluding hydrogens is 294 g/mol. The van der Waals surface area contributed by atoms with E-state index < -0.39 is 0 Å². The highest BCUT2D eigenvalue weighted by molar-refractivity contribution is 5.81. The van der Waals surface area contributed by atoms with Crippen LogP contribution in [0.5, 0.6) is 0 Å². The zero-order valence-corrected chi connectivity index (χ0v) is 13.4. The fourth-order valence-electron chi connectivity index (χ4n) is 3.07. The third kappa shape index (κ3) is 4.10. The number of primary amides is 1. The summed E-state index contributed by atoms with van der Waals surface area (Å²) in [5.74, 6) is -0.332. The van der Waals surface area contributed by atoms with Gasteiger partial charge in [-0.05, 0) is 13.1 Å². The highest BCUT2D eigenvalue weighted by Crippen LogP contribution is 2.22. The number of rotatable bonds is 6. The first-order valence-corrected chi connectivity index (χ1v) is 7.87. The van der Waals surface area contributed by atoms with E-state index in [1.807, 2.05) is 29.2 Å². The van der Waals surface area contributed by atoms with Crippen molar-refractivity contribution in [3.8, 4) is 0 Å². The van der Waals surface area contributed by atoms with Crippen LogP contribution in [0, 0.1) is 0 Å². The maximum atomic E-state index is 11.4. The molecule has 0 spiro atoms. The minimum absolute atomic E-state index is 0.0891. The van der Waals surface area contributed by atoms with Gasteiger partial charge in [0.1, 0.15) is 5.58 Å². The lowest BCUT2D eigenvalue weighted by molar-refractivity contribution is -0.120. The number of furan rings is 1. The van der Waals surface area contributed by atoms with Crippen LogP contribution in [0.1, 0.15) is 5.56 Å². The molecule has 6 nitrogen and oxygen atoms in total. The van der Waals surface area contributed by atoms with Crippen LogP contribution in [0.2, 0.25) is 0 Å². The van der Waals surface area contributed by atoms with Crippen LogP contribution in [0.3, 0.4) is 0 Å². The molecule has 0 aliphatic carbocycles. The Balaban J connectivity index is 1.72. The Morgan fingerprint density at radius 1 is 1.43 bits per heavy atom. The van der Waals surface area contributed by atoms with Gasteiger partial charge in [0, 0.05) is 37.1 Å². The SMILES string of the molecule is CN1CCO[C@H](CN(CC(N)=O)Cc2coc3ccccc23)C1. The Labute approximate surface area is 135 Å². The molecule has 2 aromatic rings. The van der Waals surface area contributed by atoms with E-state index >= 15 is 0 Å². The molecule has 1 aromatic carbocycles. The number of benzene rings is 1. The number of ether oxygens (including phenoxy) is 1. The Bertz CT molecular complexity index is 670. The molecule has 1 fully saturated rings. The van der Waals surface area contributed by atoms with E-state index in [4.69, 9.17) is 14.9 Å². The van der Waals surface area contributed by atoms with Crippen LogP contribution in [-0.4, -0.2) is 61.6 Å². The number of amides is 1. The molecule has 6 heteroatoms. The molecule has 124 valence electrons. The number of carbonyl (C=O) groups is 1. The molecule has 1 atom stereocenters. The number of para-hydroxylation sites is 1. The van der Waals surface area contributed by atoms with E-state index in [1.165, 1.54) is 0 Å². The van der Waals surface area contributed by atoms with Crippen molar-refractivity contribution < 1.29 is 13.9 Å². The third-order valence-electron chi connectivity index (χ3n) is 4.14. The maximum absolute atomic E-state index is 11.4. The molecule has 0 bridgehead atoms. The highest BCUT2D eigenvalue weighted by Gasteiger charge is 2.22. The van der Waals surface area contributed by atoms with Gasteiger partial charge in [-0.15, -0.1) is 0 Å². The fraction of sp³-hybridized carbons (Fsp3) is 0.471. The van der Waals surface area contributed by atoms with Crippen molar-refractivity contribution >= 4 is 16.9 Å². The molecule has 1 aliphatic rings. The molecule has 0 radical (unpaired) electrons. The average Bonchev–Trinajstić information content (AvgIpc) is 2.90. The summed E-state index contributed by atoms with van der Waals surface area (Å²) in [6.45, 7) is 4.03. The van der Waals surface area contributed by atoms with E-state index in [-0.39, 0.29) is 18.6 Å². The molecule has 0 unspecified atom stereocenters. The number of carbonyl (C=O) groups excluding carboxylic acids is 1. The lowest BCUT2D eigenvalue weighted by atomic mass is 10.1. The summed E-state index contributed by atoms with van der Waals surface area (Å²) in [5.41, 5.74) is 7.33. The van der Waals surface area contributed by atoms with Crippen molar-refractivity contribution in [2.45, 2.75) is 12.6 Å². The van der Waals surface area contributed by atoms with Crippen LogP contribution in [0.15, 0.2) is 34.9 Å². The van der Waals surface area contributed by atoms with Crippen molar-refractivity contribution in [2.75, 3.05) is 39.8 Å². The summed E-state index contributed by atoms with van der Waals surface area (Å²) in [6, 6.07) is 7.90. The van der Waals surface area contributed by atoms with Crippen molar-refractivity contribution in [3.63, 3.8) is 0 Å². The van der Waals surface area contributed by atoms with E-state index in [0.717, 1.165) is 36.2 Å². The van der Waals surface area contributed by atoms with E-state index in [0.29, 0.717) is 13.1 Å². The molecule has 23 heavy (non-hydrogen) atoms. The van der Waals surface area contributed by atoms with Crippen LogP contribution in [0.25, 0.3) is 11.0 Å². The van der Waals surface area contributed by atoms with Gasteiger partial charge in [-0.2, -0.15) is 0 Å². The zero-order chi connectivity index (χ0) is 16.2. The van der Waals surface area contributed by atoms with Gasteiger partial charge in [0.2, 0.25) is 5.91 Å². The topological polar surface area (TPSA) is 71.9 Å². The molecule has 1 aliphatic heterocycles. The van der Waals surface area contributed by atoms with Crippen LogP contribution < -0.4 is 5.73 Å². The Morgan fingerprint density at radius 2 is 2.26 bits per heavy atom. The largest absolute Gasteiger partial charge is 0.464 e. The van der Waals surface area contributed by atoms with Crippen LogP contribution in [0.4, 0.5) is 0 Å². The average molecular weight is 317 g/mol. The monoisotopic (exact) mass is 317 g/mol. The molecule has 1 saturated heterocycles. The lowest BCUT2D eigenvalue weighted by Crippen LogP contribution is -2.47. The predicted molar refractivity (Wildman–Crippen MR) is 87.9 cm³/mol. The van der Waals surface area contributed by atoms with Crippen molar-refractivity contribution in [1.29, 1.82) is 0 Å². The lowest BCUT2D eigenvalue weighted by Gasteiger charge is -2.33. The van der Waals surface area contributed by atoms with Crippen molar-refractivity contribution in [1.82, 2.24) is 9.80 Å². The fourth-order valence-corrected chi connectivity index (χ4v) is 3.07. The second-order valence-corrected chi connectivity index (χ2v) is 6.15. The number of hydrogen-bond acceptors (Lipinski definition) is 5. The first-order valence-electron chi connectivity index (χ1n) is 7.87. The van der Waals surface area contributed by atoms with Crippen LogP contribution >= 0.6 is 0 Å². The summed E-state index contributed by atoms with van der Waals surface area (Å²) in [6.07, 6.45) is 1.85. The normalized spacial score (nSPS) is 19.5. The summed E-state index contributed by atoms with van der Waals surface area (Å²) in [5, 5.41) is 1.07. The molecule has 1 aromatic heterocycles. The first kappa shape index (κ1) is 16.0. The van der Waals surface area contributed by atoms with Gasteiger partial charge in [-0.3, -0.25) is 9.69 Å². The smallest absolute Gasteiger partial charge is 0.231 e. The van der Waals surface area contributed by atoms with Gasteiger partial charge in [-0.1, -0.05) is 18.2 Å². The molecule has 3 rings (SSSR count). The summed E-state index contributed by atoms with van der Waals surface area (Å²) in [7, 11) is 2.08. The molecular formula is C17H23N3O3. The number of hydrogen-bond donors (Lipinski definition) is 1. The third-order valence-corrected chi connectivity index (χ3v) is 4.14. The van der Waals surface area contributed by atoms with E-state index in [2.05, 4.69) is 11.9 Å². The van der Waals surface area contributed by atoms with E-state index in [1.54, 1.807) is 6.26 Å². The van der Waals surface area contributed by atoms with Gasteiger partial charge >= 0.3 is 0 Å². The van der Waals surface area contributed by atoms with Crippen molar-refractivity contribution in [3.05, 3.63) is 36.1 Å². The maximum Gasteiger partial charge on any atom is 0.231 e. The molecule has 2 heterocycles. The summed E-state index contributed by atoms with van der Waals surface area (Å²) >= 11 is 0. The Hall–Kier alpha value is -1.89. The number of nitrogens with two attached hydrogens (primary N) is 1. The number of fused-ring (bicyclic) bond motifs is 1. The minimum atomic E-state index is -0.332. The van der Waals surface area contributed by atoms with Gasteiger partial charge in [0.15, 0.2) is 0 Å². The van der Waals surface area contributed by atoms with Gasteiger partial charge in [0.25, 0.3) is 0 Å². The Kier molecular flexibility index (Phi) is 4.95. The molecule has 0 saturated carbocycles. The number of nitrogens with zero attached hydrogens (tertiary/aromatic N) is 2. The molecule has 2 N–H and O–H groups in total. The van der Waals surface area contributed by atoms with Crippen LogP contribution in [-0.2, 0) is 16.1 Å². The number of likely N-dealkylation sites (N-methyl/N-ethyl adjacent to an activating group) is 1. The molecule has 1 amide bonds. The first-order chi connectivity index (χ1) is 11.1. The second-order valence-electron chi connectivity index (χ2n) is 6.15.